The number of hydrogen-bond acceptors (Lipinski definition) is 2. The first-order valence-electron chi connectivity index (χ1n) is 7.49. The Balaban J connectivity index is 1.85. The molecule has 0 N–H and O–H groups in total. The first-order chi connectivity index (χ1) is 10.8. The summed E-state index contributed by atoms with van der Waals surface area (Å²) in [5.74, 6) is 0. The number of halogens is 1. The summed E-state index contributed by atoms with van der Waals surface area (Å²) in [6.45, 7) is 2.28. The summed E-state index contributed by atoms with van der Waals surface area (Å²) < 4.78 is 0. The fraction of sp³-hybridized carbons (Fsp3) is 0.211. The summed E-state index contributed by atoms with van der Waals surface area (Å²) in [5, 5.41) is 10.0. The van der Waals surface area contributed by atoms with Gasteiger partial charge in [0.25, 0.3) is 0 Å². The van der Waals surface area contributed by atoms with Gasteiger partial charge in [0, 0.05) is 23.8 Å². The van der Waals surface area contributed by atoms with Gasteiger partial charge in [-0.3, -0.25) is 0 Å². The van der Waals surface area contributed by atoms with Gasteiger partial charge in [0.2, 0.25) is 0 Å². The lowest BCUT2D eigenvalue weighted by atomic mass is 10.0. The molecular weight excluding hydrogens is 292 g/mol. The fourth-order valence-corrected chi connectivity index (χ4v) is 2.95. The van der Waals surface area contributed by atoms with Gasteiger partial charge in [-0.05, 0) is 54.3 Å². The highest BCUT2D eigenvalue weighted by molar-refractivity contribution is 6.30. The molecule has 0 bridgehead atoms. The smallest absolute Gasteiger partial charge is 0.0998 e. The molecule has 1 aliphatic rings. The van der Waals surface area contributed by atoms with Gasteiger partial charge in [-0.15, -0.1) is 0 Å². The maximum Gasteiger partial charge on any atom is 0.0998 e. The maximum atomic E-state index is 9.39. The summed E-state index contributed by atoms with van der Waals surface area (Å²) in [5.41, 5.74) is 3.76. The molecule has 22 heavy (non-hydrogen) atoms. The van der Waals surface area contributed by atoms with Crippen LogP contribution in [0.4, 0.5) is 5.69 Å². The summed E-state index contributed by atoms with van der Waals surface area (Å²) in [7, 11) is 0. The fourth-order valence-electron chi connectivity index (χ4n) is 2.76. The molecule has 0 aliphatic carbocycles. The minimum Gasteiger partial charge on any atom is -0.372 e. The van der Waals surface area contributed by atoms with E-state index in [-0.39, 0.29) is 0 Å². The molecule has 1 fully saturated rings. The Bertz CT molecular complexity index is 720. The van der Waals surface area contributed by atoms with Crippen molar-refractivity contribution in [1.29, 1.82) is 5.26 Å². The van der Waals surface area contributed by atoms with E-state index in [9.17, 15) is 5.26 Å². The average molecular weight is 309 g/mol. The van der Waals surface area contributed by atoms with Crippen LogP contribution in [0.3, 0.4) is 0 Å². The van der Waals surface area contributed by atoms with Crippen LogP contribution in [0.25, 0.3) is 11.6 Å². The van der Waals surface area contributed by atoms with E-state index in [2.05, 4.69) is 35.2 Å². The number of allylic oxidation sites excluding steroid dienone is 1. The molecule has 0 saturated carbocycles. The van der Waals surface area contributed by atoms with Gasteiger partial charge in [0.1, 0.15) is 0 Å². The average Bonchev–Trinajstić information content (AvgIpc) is 3.07. The topological polar surface area (TPSA) is 27.0 Å². The zero-order chi connectivity index (χ0) is 15.4. The van der Waals surface area contributed by atoms with Crippen molar-refractivity contribution in [2.45, 2.75) is 12.8 Å². The molecule has 0 amide bonds. The van der Waals surface area contributed by atoms with Gasteiger partial charge in [-0.25, -0.2) is 0 Å². The highest BCUT2D eigenvalue weighted by Gasteiger charge is 2.11. The molecule has 0 aromatic heterocycles. The lowest BCUT2D eigenvalue weighted by Crippen LogP contribution is -2.17. The third-order valence-electron chi connectivity index (χ3n) is 3.93. The van der Waals surface area contributed by atoms with Gasteiger partial charge in [-0.1, -0.05) is 35.9 Å². The van der Waals surface area contributed by atoms with Crippen molar-refractivity contribution < 1.29 is 0 Å². The largest absolute Gasteiger partial charge is 0.372 e. The SMILES string of the molecule is N#CC(=Cc1ccc(N2CCCC2)cc1)c1cccc(Cl)c1. The van der Waals surface area contributed by atoms with E-state index in [1.54, 1.807) is 0 Å². The second-order valence-corrected chi connectivity index (χ2v) is 5.90. The standard InChI is InChI=1S/C19H17ClN2/c20-18-5-3-4-16(13-18)17(14-21)12-15-6-8-19(9-7-15)22-10-1-2-11-22/h3-9,12-13H,1-2,10-11H2. The molecule has 110 valence electrons. The predicted molar refractivity (Wildman–Crippen MR) is 92.8 cm³/mol. The third-order valence-corrected chi connectivity index (χ3v) is 4.17. The van der Waals surface area contributed by atoms with E-state index in [1.165, 1.54) is 18.5 Å². The van der Waals surface area contributed by atoms with E-state index in [4.69, 9.17) is 11.6 Å². The molecule has 1 saturated heterocycles. The predicted octanol–water partition coefficient (Wildman–Crippen LogP) is 5.00. The van der Waals surface area contributed by atoms with Crippen LogP contribution in [0, 0.1) is 11.3 Å². The molecule has 1 heterocycles. The van der Waals surface area contributed by atoms with Crippen molar-refractivity contribution in [3.63, 3.8) is 0 Å². The number of benzene rings is 2. The Morgan fingerprint density at radius 1 is 1.09 bits per heavy atom. The monoisotopic (exact) mass is 308 g/mol. The second-order valence-electron chi connectivity index (χ2n) is 5.47. The lowest BCUT2D eigenvalue weighted by Gasteiger charge is -2.17. The van der Waals surface area contributed by atoms with E-state index >= 15 is 0 Å². The summed E-state index contributed by atoms with van der Waals surface area (Å²) >= 11 is 6.00. The molecule has 0 unspecified atom stereocenters. The molecule has 2 aromatic rings. The minimum absolute atomic E-state index is 0.622. The Kier molecular flexibility index (Phi) is 4.46. The van der Waals surface area contributed by atoms with E-state index < -0.39 is 0 Å². The van der Waals surface area contributed by atoms with Crippen LogP contribution in [-0.2, 0) is 0 Å². The van der Waals surface area contributed by atoms with Gasteiger partial charge in [0.15, 0.2) is 0 Å². The zero-order valence-electron chi connectivity index (χ0n) is 12.3. The zero-order valence-corrected chi connectivity index (χ0v) is 13.1. The summed E-state index contributed by atoms with van der Waals surface area (Å²) in [6.07, 6.45) is 4.45. The molecule has 0 spiro atoms. The van der Waals surface area contributed by atoms with Gasteiger partial charge in [-0.2, -0.15) is 5.26 Å². The van der Waals surface area contributed by atoms with E-state index in [1.807, 2.05) is 30.3 Å². The van der Waals surface area contributed by atoms with Crippen LogP contribution in [-0.4, -0.2) is 13.1 Å². The molecule has 3 heteroatoms. The van der Waals surface area contributed by atoms with E-state index in [0.717, 1.165) is 24.2 Å². The van der Waals surface area contributed by atoms with Crippen molar-refractivity contribution in [3.8, 4) is 6.07 Å². The Morgan fingerprint density at radius 3 is 2.45 bits per heavy atom. The number of nitriles is 1. The first-order valence-corrected chi connectivity index (χ1v) is 7.87. The van der Waals surface area contributed by atoms with Crippen LogP contribution in [0.15, 0.2) is 48.5 Å². The third kappa shape index (κ3) is 3.32. The highest BCUT2D eigenvalue weighted by Crippen LogP contribution is 2.24. The normalized spacial score (nSPS) is 14.9. The molecule has 0 atom stereocenters. The van der Waals surface area contributed by atoms with E-state index in [0.29, 0.717) is 10.6 Å². The Labute approximate surface area is 136 Å². The Hall–Kier alpha value is -2.24. The molecule has 1 aliphatic heterocycles. The summed E-state index contributed by atoms with van der Waals surface area (Å²) in [6, 6.07) is 18.0. The van der Waals surface area contributed by atoms with Crippen molar-refractivity contribution in [2.24, 2.45) is 0 Å². The van der Waals surface area contributed by atoms with Crippen LogP contribution in [0.5, 0.6) is 0 Å². The lowest BCUT2D eigenvalue weighted by molar-refractivity contribution is 0.949. The molecule has 3 rings (SSSR count). The Morgan fingerprint density at radius 2 is 1.82 bits per heavy atom. The minimum atomic E-state index is 0.622. The number of rotatable bonds is 3. The number of nitrogens with zero attached hydrogens (tertiary/aromatic N) is 2. The van der Waals surface area contributed by atoms with Crippen LogP contribution >= 0.6 is 11.6 Å². The number of hydrogen-bond donors (Lipinski definition) is 0. The van der Waals surface area contributed by atoms with Gasteiger partial charge in [0.05, 0.1) is 11.6 Å². The first kappa shape index (κ1) is 14.7. The second kappa shape index (κ2) is 6.68. The van der Waals surface area contributed by atoms with Crippen molar-refractivity contribution in [3.05, 3.63) is 64.7 Å². The highest BCUT2D eigenvalue weighted by atomic mass is 35.5. The van der Waals surface area contributed by atoms with Crippen LogP contribution in [0.2, 0.25) is 5.02 Å². The number of anilines is 1. The van der Waals surface area contributed by atoms with Gasteiger partial charge < -0.3 is 4.90 Å². The van der Waals surface area contributed by atoms with Crippen molar-refractivity contribution in [1.82, 2.24) is 0 Å². The van der Waals surface area contributed by atoms with Crippen molar-refractivity contribution >= 4 is 28.9 Å². The molecule has 0 radical (unpaired) electrons. The van der Waals surface area contributed by atoms with Crippen LogP contribution < -0.4 is 4.90 Å². The molecule has 2 nitrogen and oxygen atoms in total. The van der Waals surface area contributed by atoms with Gasteiger partial charge >= 0.3 is 0 Å². The van der Waals surface area contributed by atoms with Crippen molar-refractivity contribution in [2.75, 3.05) is 18.0 Å². The molecule has 2 aromatic carbocycles. The molecular formula is C19H17ClN2. The quantitative estimate of drug-likeness (QED) is 0.589. The maximum absolute atomic E-state index is 9.39. The summed E-state index contributed by atoms with van der Waals surface area (Å²) in [4.78, 5) is 2.40. The van der Waals surface area contributed by atoms with Crippen LogP contribution in [0.1, 0.15) is 24.0 Å².